The molecule has 4 rings (SSSR count). The number of aryl methyl sites for hydroxylation is 1. The molecule has 2 aromatic heterocycles. The van der Waals surface area contributed by atoms with Crippen LogP contribution in [0.2, 0.25) is 0 Å². The highest BCUT2D eigenvalue weighted by molar-refractivity contribution is 6.00. The maximum absolute atomic E-state index is 12.3. The number of H-pyrrole nitrogens is 1. The summed E-state index contributed by atoms with van der Waals surface area (Å²) in [5.74, 6) is 0.962. The lowest BCUT2D eigenvalue weighted by Gasteiger charge is -2.21. The number of fused-ring (bicyclic) bond motifs is 2. The Kier molecular flexibility index (Phi) is 4.39. The van der Waals surface area contributed by atoms with E-state index in [2.05, 4.69) is 22.2 Å². The maximum Gasteiger partial charge on any atom is 0.253 e. The summed E-state index contributed by atoms with van der Waals surface area (Å²) in [7, 11) is 0. The van der Waals surface area contributed by atoms with E-state index >= 15 is 0 Å². The third kappa shape index (κ3) is 2.97. The summed E-state index contributed by atoms with van der Waals surface area (Å²) in [6.45, 7) is 9.23. The van der Waals surface area contributed by atoms with E-state index in [1.54, 1.807) is 0 Å². The number of nitrogens with zero attached hydrogens (tertiary/aromatic N) is 2. The molecule has 0 fully saturated rings. The van der Waals surface area contributed by atoms with Crippen molar-refractivity contribution in [1.82, 2.24) is 20.3 Å². The number of para-hydroxylation sites is 1. The summed E-state index contributed by atoms with van der Waals surface area (Å²) in [6, 6.07) is 7.87. The molecule has 3 aromatic rings. The monoisotopic (exact) mass is 361 g/mol. The molecule has 3 N–H and O–H groups in total. The quantitative estimate of drug-likeness (QED) is 0.604. The first-order valence-electron chi connectivity index (χ1n) is 9.26. The van der Waals surface area contributed by atoms with Crippen LogP contribution in [0.5, 0.6) is 0 Å². The van der Waals surface area contributed by atoms with Crippen LogP contribution in [0.15, 0.2) is 36.9 Å². The van der Waals surface area contributed by atoms with Crippen molar-refractivity contribution in [1.29, 1.82) is 0 Å². The number of carbonyl (C=O) groups excluding carboxylic acids is 1. The summed E-state index contributed by atoms with van der Waals surface area (Å²) < 4.78 is 0. The molecule has 0 aliphatic carbocycles. The predicted molar refractivity (Wildman–Crippen MR) is 108 cm³/mol. The normalized spacial score (nSPS) is 16.1. The minimum Gasteiger partial charge on any atom is -0.369 e. The van der Waals surface area contributed by atoms with Gasteiger partial charge in [0.15, 0.2) is 0 Å². The second kappa shape index (κ2) is 6.87. The molecule has 0 spiro atoms. The van der Waals surface area contributed by atoms with Crippen molar-refractivity contribution in [2.45, 2.75) is 26.2 Å². The first-order chi connectivity index (χ1) is 13.1. The Morgan fingerprint density at radius 2 is 2.19 bits per heavy atom. The van der Waals surface area contributed by atoms with Crippen molar-refractivity contribution < 1.29 is 4.79 Å². The number of hydrogen-bond donors (Lipinski definition) is 3. The fourth-order valence-corrected chi connectivity index (χ4v) is 3.66. The summed E-state index contributed by atoms with van der Waals surface area (Å²) in [5.41, 5.74) is 6.03. The number of aromatic amines is 1. The Morgan fingerprint density at radius 1 is 1.33 bits per heavy atom. The van der Waals surface area contributed by atoms with E-state index in [0.717, 1.165) is 52.5 Å². The molecule has 0 saturated carbocycles. The van der Waals surface area contributed by atoms with Crippen LogP contribution in [0.25, 0.3) is 22.3 Å². The maximum atomic E-state index is 12.3. The Hall–Kier alpha value is -3.15. The number of aromatic nitrogens is 3. The highest BCUT2D eigenvalue weighted by Crippen LogP contribution is 2.33. The third-order valence-corrected chi connectivity index (χ3v) is 4.96. The summed E-state index contributed by atoms with van der Waals surface area (Å²) in [5, 5.41) is 6.23. The summed E-state index contributed by atoms with van der Waals surface area (Å²) in [6.07, 6.45) is 2.70. The van der Waals surface area contributed by atoms with Crippen LogP contribution in [0.4, 0.5) is 5.82 Å². The van der Waals surface area contributed by atoms with Gasteiger partial charge in [0.25, 0.3) is 5.91 Å². The zero-order valence-electron chi connectivity index (χ0n) is 15.6. The van der Waals surface area contributed by atoms with Crippen LogP contribution < -0.4 is 10.6 Å². The van der Waals surface area contributed by atoms with E-state index in [1.165, 1.54) is 0 Å². The molecule has 6 nitrogen and oxygen atoms in total. The van der Waals surface area contributed by atoms with E-state index in [4.69, 9.17) is 9.97 Å². The van der Waals surface area contributed by atoms with Gasteiger partial charge in [-0.2, -0.15) is 0 Å². The molecular formula is C21H23N5O. The number of allylic oxidation sites excluding steroid dienone is 1. The molecule has 6 heteroatoms. The van der Waals surface area contributed by atoms with Crippen molar-refractivity contribution >= 4 is 22.8 Å². The summed E-state index contributed by atoms with van der Waals surface area (Å²) >= 11 is 0. The minimum absolute atomic E-state index is 0.0386. The lowest BCUT2D eigenvalue weighted by molar-refractivity contribution is 0.0940. The first kappa shape index (κ1) is 17.3. The smallest absolute Gasteiger partial charge is 0.253 e. The fraction of sp³-hybridized carbons (Fsp3) is 0.286. The number of benzene rings is 1. The largest absolute Gasteiger partial charge is 0.369 e. The molecule has 1 aliphatic heterocycles. The van der Waals surface area contributed by atoms with Gasteiger partial charge in [-0.1, -0.05) is 18.2 Å². The lowest BCUT2D eigenvalue weighted by atomic mass is 9.94. The SMILES string of the molecule is C=CCC1CNC(=O)c2cc(-c3cccc4nc(C)c(NCC)nc34)[nH]c21. The standard InChI is InChI=1S/C21H23N5O/c1-4-7-13-11-23-21(27)15-10-17(25-18(13)15)14-8-6-9-16-19(14)26-20(22-5-2)12(3)24-16/h4,6,8-10,13,25H,1,5,7,11H2,2-3H3,(H,22,26)(H,23,27). The lowest BCUT2D eigenvalue weighted by Crippen LogP contribution is -2.34. The topological polar surface area (TPSA) is 82.7 Å². The number of hydrogen-bond acceptors (Lipinski definition) is 4. The molecule has 3 heterocycles. The van der Waals surface area contributed by atoms with E-state index in [0.29, 0.717) is 12.1 Å². The molecule has 0 saturated heterocycles. The van der Waals surface area contributed by atoms with Gasteiger partial charge in [0, 0.05) is 36.0 Å². The number of anilines is 1. The van der Waals surface area contributed by atoms with Gasteiger partial charge in [0.2, 0.25) is 0 Å². The van der Waals surface area contributed by atoms with Crippen molar-refractivity contribution in [3.8, 4) is 11.3 Å². The third-order valence-electron chi connectivity index (χ3n) is 4.96. The average Bonchev–Trinajstić information content (AvgIpc) is 3.11. The summed E-state index contributed by atoms with van der Waals surface area (Å²) in [4.78, 5) is 25.3. The van der Waals surface area contributed by atoms with E-state index in [9.17, 15) is 4.79 Å². The fourth-order valence-electron chi connectivity index (χ4n) is 3.66. The van der Waals surface area contributed by atoms with E-state index in [-0.39, 0.29) is 11.8 Å². The van der Waals surface area contributed by atoms with Gasteiger partial charge in [-0.15, -0.1) is 6.58 Å². The van der Waals surface area contributed by atoms with Gasteiger partial charge >= 0.3 is 0 Å². The molecular weight excluding hydrogens is 338 g/mol. The second-order valence-electron chi connectivity index (χ2n) is 6.80. The van der Waals surface area contributed by atoms with Crippen molar-refractivity contribution in [2.75, 3.05) is 18.4 Å². The number of amides is 1. The van der Waals surface area contributed by atoms with Gasteiger partial charge in [-0.3, -0.25) is 4.79 Å². The van der Waals surface area contributed by atoms with Crippen LogP contribution in [-0.2, 0) is 0 Å². The molecule has 1 aliphatic rings. The number of nitrogens with one attached hydrogen (secondary N) is 3. The van der Waals surface area contributed by atoms with Gasteiger partial charge in [-0.05, 0) is 32.4 Å². The Labute approximate surface area is 158 Å². The zero-order valence-corrected chi connectivity index (χ0v) is 15.6. The predicted octanol–water partition coefficient (Wildman–Crippen LogP) is 3.77. The van der Waals surface area contributed by atoms with Gasteiger partial charge in [0.05, 0.1) is 16.8 Å². The van der Waals surface area contributed by atoms with Gasteiger partial charge < -0.3 is 15.6 Å². The molecule has 1 unspecified atom stereocenters. The highest BCUT2D eigenvalue weighted by atomic mass is 16.1. The van der Waals surface area contributed by atoms with E-state index in [1.807, 2.05) is 44.2 Å². The molecule has 1 aromatic carbocycles. The van der Waals surface area contributed by atoms with Crippen molar-refractivity contribution in [3.05, 3.63) is 53.9 Å². The minimum atomic E-state index is -0.0386. The number of rotatable bonds is 5. The Morgan fingerprint density at radius 3 is 2.96 bits per heavy atom. The Bertz CT molecular complexity index is 1040. The van der Waals surface area contributed by atoms with Crippen LogP contribution in [-0.4, -0.2) is 33.9 Å². The molecule has 1 amide bonds. The van der Waals surface area contributed by atoms with Crippen LogP contribution in [0.1, 0.15) is 41.0 Å². The van der Waals surface area contributed by atoms with Crippen LogP contribution in [0, 0.1) is 6.92 Å². The van der Waals surface area contributed by atoms with E-state index < -0.39 is 0 Å². The highest BCUT2D eigenvalue weighted by Gasteiger charge is 2.27. The second-order valence-corrected chi connectivity index (χ2v) is 6.80. The molecule has 1 atom stereocenters. The molecule has 27 heavy (non-hydrogen) atoms. The zero-order chi connectivity index (χ0) is 19.0. The molecule has 138 valence electrons. The van der Waals surface area contributed by atoms with Crippen molar-refractivity contribution in [2.24, 2.45) is 0 Å². The average molecular weight is 361 g/mol. The molecule has 0 bridgehead atoms. The number of carbonyl (C=O) groups is 1. The van der Waals surface area contributed by atoms with Gasteiger partial charge in [-0.25, -0.2) is 9.97 Å². The Balaban J connectivity index is 1.88. The molecule has 0 radical (unpaired) electrons. The van der Waals surface area contributed by atoms with Crippen molar-refractivity contribution in [3.63, 3.8) is 0 Å². The van der Waals surface area contributed by atoms with Gasteiger partial charge in [0.1, 0.15) is 11.3 Å². The van der Waals surface area contributed by atoms with Crippen LogP contribution >= 0.6 is 0 Å². The van der Waals surface area contributed by atoms with Crippen LogP contribution in [0.3, 0.4) is 0 Å². The first-order valence-corrected chi connectivity index (χ1v) is 9.26.